The van der Waals surface area contributed by atoms with Crippen LogP contribution >= 0.6 is 0 Å². The Kier molecular flexibility index (Phi) is 6.56. The molecule has 0 spiro atoms. The molecule has 1 aliphatic carbocycles. The molecule has 150 valence electrons. The standard InChI is InChI=1S/C23H37N3O/c27-17-20-16-25(15-19-9-5-3-1-2-4-6-10-19)14-13-22(20)26-18-24-21-11-7-8-12-23(21)26/h7-8,11-12,19-20,22,24,27H,1-6,9-10,13-18H2. The Morgan fingerprint density at radius 2 is 1.70 bits per heavy atom. The molecule has 2 N–H and O–H groups in total. The number of anilines is 2. The number of hydrogen-bond acceptors (Lipinski definition) is 4. The highest BCUT2D eigenvalue weighted by atomic mass is 16.3. The van der Waals surface area contributed by atoms with E-state index in [4.69, 9.17) is 0 Å². The quantitative estimate of drug-likeness (QED) is 0.827. The van der Waals surface area contributed by atoms with Crippen LogP contribution in [0.2, 0.25) is 0 Å². The Morgan fingerprint density at radius 1 is 0.963 bits per heavy atom. The van der Waals surface area contributed by atoms with Gasteiger partial charge in [0.1, 0.15) is 0 Å². The van der Waals surface area contributed by atoms with Gasteiger partial charge in [0.15, 0.2) is 0 Å². The summed E-state index contributed by atoms with van der Waals surface area (Å²) in [6, 6.07) is 9.05. The average molecular weight is 372 g/mol. The highest BCUT2D eigenvalue weighted by Gasteiger charge is 2.36. The minimum absolute atomic E-state index is 0.296. The lowest BCUT2D eigenvalue weighted by Gasteiger charge is -2.43. The fourth-order valence-corrected chi connectivity index (χ4v) is 5.54. The molecule has 1 aromatic carbocycles. The molecule has 2 fully saturated rings. The summed E-state index contributed by atoms with van der Waals surface area (Å²) in [4.78, 5) is 5.16. The molecule has 2 unspecified atom stereocenters. The van der Waals surface area contributed by atoms with Gasteiger partial charge in [0.25, 0.3) is 0 Å². The second-order valence-electron chi connectivity index (χ2n) is 8.94. The molecular formula is C23H37N3O. The molecule has 0 aromatic heterocycles. The molecule has 27 heavy (non-hydrogen) atoms. The molecule has 4 heteroatoms. The highest BCUT2D eigenvalue weighted by Crippen LogP contribution is 2.36. The van der Waals surface area contributed by atoms with Crippen LogP contribution in [0.4, 0.5) is 11.4 Å². The maximum absolute atomic E-state index is 10.1. The number of fused-ring (bicyclic) bond motifs is 1. The summed E-state index contributed by atoms with van der Waals surface area (Å²) < 4.78 is 0. The van der Waals surface area contributed by atoms with E-state index >= 15 is 0 Å². The average Bonchev–Trinajstić information content (AvgIpc) is 3.17. The van der Waals surface area contributed by atoms with Crippen molar-refractivity contribution in [2.45, 2.75) is 63.8 Å². The molecule has 2 heterocycles. The summed E-state index contributed by atoms with van der Waals surface area (Å²) in [7, 11) is 0. The Morgan fingerprint density at radius 3 is 2.48 bits per heavy atom. The van der Waals surface area contributed by atoms with E-state index in [1.54, 1.807) is 0 Å². The van der Waals surface area contributed by atoms with Crippen molar-refractivity contribution in [3.8, 4) is 0 Å². The number of aliphatic hydroxyl groups is 1. The lowest BCUT2D eigenvalue weighted by molar-refractivity contribution is 0.0870. The number of rotatable bonds is 4. The van der Waals surface area contributed by atoms with Crippen molar-refractivity contribution in [3.63, 3.8) is 0 Å². The van der Waals surface area contributed by atoms with Gasteiger partial charge in [-0.05, 0) is 37.3 Å². The molecule has 3 aliphatic rings. The SMILES string of the molecule is OCC1CN(CC2CCCCCCCC2)CCC1N1CNc2ccccc21. The molecule has 0 bridgehead atoms. The van der Waals surface area contributed by atoms with E-state index in [0.29, 0.717) is 18.6 Å². The van der Waals surface area contributed by atoms with E-state index < -0.39 is 0 Å². The van der Waals surface area contributed by atoms with Crippen molar-refractivity contribution < 1.29 is 5.11 Å². The molecule has 2 aliphatic heterocycles. The third-order valence-corrected chi connectivity index (χ3v) is 7.06. The van der Waals surface area contributed by atoms with Crippen molar-refractivity contribution >= 4 is 11.4 Å². The zero-order valence-corrected chi connectivity index (χ0v) is 16.8. The number of benzene rings is 1. The zero-order chi connectivity index (χ0) is 18.5. The first-order valence-electron chi connectivity index (χ1n) is 11.3. The summed E-state index contributed by atoms with van der Waals surface area (Å²) in [5.41, 5.74) is 2.55. The molecule has 1 aromatic rings. The second kappa shape index (κ2) is 9.29. The number of piperidine rings is 1. The fraction of sp³-hybridized carbons (Fsp3) is 0.739. The van der Waals surface area contributed by atoms with Crippen LogP contribution in [0.1, 0.15) is 57.8 Å². The van der Waals surface area contributed by atoms with E-state index in [9.17, 15) is 5.11 Å². The van der Waals surface area contributed by atoms with Crippen LogP contribution in [-0.4, -0.2) is 49.0 Å². The van der Waals surface area contributed by atoms with Crippen LogP contribution in [-0.2, 0) is 0 Å². The monoisotopic (exact) mass is 371 g/mol. The Balaban J connectivity index is 1.35. The maximum Gasteiger partial charge on any atom is 0.0880 e. The molecule has 0 amide bonds. The largest absolute Gasteiger partial charge is 0.396 e. The van der Waals surface area contributed by atoms with Gasteiger partial charge in [-0.25, -0.2) is 0 Å². The number of nitrogens with one attached hydrogen (secondary N) is 1. The van der Waals surface area contributed by atoms with Crippen molar-refractivity contribution in [2.24, 2.45) is 11.8 Å². The number of aliphatic hydroxyl groups excluding tert-OH is 1. The van der Waals surface area contributed by atoms with E-state index in [1.807, 2.05) is 0 Å². The summed E-state index contributed by atoms with van der Waals surface area (Å²) in [5.74, 6) is 1.22. The predicted octanol–water partition coefficient (Wildman–Crippen LogP) is 4.31. The minimum atomic E-state index is 0.296. The molecule has 2 atom stereocenters. The van der Waals surface area contributed by atoms with Crippen LogP contribution in [0, 0.1) is 11.8 Å². The van der Waals surface area contributed by atoms with Crippen LogP contribution in [0.25, 0.3) is 0 Å². The predicted molar refractivity (Wildman–Crippen MR) is 113 cm³/mol. The lowest BCUT2D eigenvalue weighted by Crippen LogP contribution is -2.53. The first-order chi connectivity index (χ1) is 13.3. The molecule has 4 rings (SSSR count). The minimum Gasteiger partial charge on any atom is -0.396 e. The van der Waals surface area contributed by atoms with Gasteiger partial charge in [0.2, 0.25) is 0 Å². The van der Waals surface area contributed by atoms with Crippen molar-refractivity contribution in [1.29, 1.82) is 0 Å². The molecular weight excluding hydrogens is 334 g/mol. The smallest absolute Gasteiger partial charge is 0.0880 e. The van der Waals surface area contributed by atoms with Gasteiger partial charge in [-0.1, -0.05) is 50.7 Å². The Labute approximate surface area is 164 Å². The van der Waals surface area contributed by atoms with E-state index in [1.165, 1.54) is 75.8 Å². The molecule has 1 saturated heterocycles. The first-order valence-corrected chi connectivity index (χ1v) is 11.3. The van der Waals surface area contributed by atoms with Gasteiger partial charge in [-0.2, -0.15) is 0 Å². The summed E-state index contributed by atoms with van der Waals surface area (Å²) in [5, 5.41) is 13.7. The van der Waals surface area contributed by atoms with Crippen LogP contribution < -0.4 is 10.2 Å². The van der Waals surface area contributed by atoms with Gasteiger partial charge in [0.05, 0.1) is 18.0 Å². The van der Waals surface area contributed by atoms with Crippen molar-refractivity contribution in [3.05, 3.63) is 24.3 Å². The van der Waals surface area contributed by atoms with E-state index in [2.05, 4.69) is 39.4 Å². The van der Waals surface area contributed by atoms with Crippen molar-refractivity contribution in [1.82, 2.24) is 4.90 Å². The molecule has 0 radical (unpaired) electrons. The van der Waals surface area contributed by atoms with Crippen LogP contribution in [0.3, 0.4) is 0 Å². The van der Waals surface area contributed by atoms with E-state index in [-0.39, 0.29) is 0 Å². The number of nitrogens with zero attached hydrogens (tertiary/aromatic N) is 2. The van der Waals surface area contributed by atoms with Gasteiger partial charge in [-0.3, -0.25) is 0 Å². The number of likely N-dealkylation sites (tertiary alicyclic amines) is 1. The van der Waals surface area contributed by atoms with Crippen LogP contribution in [0.5, 0.6) is 0 Å². The summed E-state index contributed by atoms with van der Waals surface area (Å²) >= 11 is 0. The topological polar surface area (TPSA) is 38.7 Å². The van der Waals surface area contributed by atoms with E-state index in [0.717, 1.165) is 25.6 Å². The third-order valence-electron chi connectivity index (χ3n) is 7.06. The third kappa shape index (κ3) is 4.60. The number of hydrogen-bond donors (Lipinski definition) is 2. The molecule has 4 nitrogen and oxygen atoms in total. The molecule has 1 saturated carbocycles. The summed E-state index contributed by atoms with van der Waals surface area (Å²) in [6.45, 7) is 4.65. The highest BCUT2D eigenvalue weighted by molar-refractivity contribution is 5.75. The zero-order valence-electron chi connectivity index (χ0n) is 16.8. The second-order valence-corrected chi connectivity index (χ2v) is 8.94. The Bertz CT molecular complexity index is 583. The van der Waals surface area contributed by atoms with Gasteiger partial charge < -0.3 is 20.2 Å². The maximum atomic E-state index is 10.1. The van der Waals surface area contributed by atoms with Gasteiger partial charge in [-0.15, -0.1) is 0 Å². The fourth-order valence-electron chi connectivity index (χ4n) is 5.54. The Hall–Kier alpha value is -1.26. The van der Waals surface area contributed by atoms with Gasteiger partial charge in [0, 0.05) is 38.2 Å². The normalized spacial score (nSPS) is 28.1. The van der Waals surface area contributed by atoms with Crippen LogP contribution in [0.15, 0.2) is 24.3 Å². The van der Waals surface area contributed by atoms with Gasteiger partial charge >= 0.3 is 0 Å². The summed E-state index contributed by atoms with van der Waals surface area (Å²) in [6.07, 6.45) is 12.6. The lowest BCUT2D eigenvalue weighted by atomic mass is 9.89. The van der Waals surface area contributed by atoms with Crippen molar-refractivity contribution in [2.75, 3.05) is 43.1 Å². The first kappa shape index (κ1) is 19.1. The number of para-hydroxylation sites is 2.